The van der Waals surface area contributed by atoms with Gasteiger partial charge in [0.25, 0.3) is 0 Å². The second kappa shape index (κ2) is 52.5. The van der Waals surface area contributed by atoms with Crippen LogP contribution in [0.4, 0.5) is 0 Å². The Morgan fingerprint density at radius 2 is 0.800 bits per heavy atom. The van der Waals surface area contributed by atoms with E-state index < -0.39 is 51.1 Å². The monoisotopic (exact) mass is 1010 g/mol. The standard InChI is InChI=1S/C58H104NO10P/c1-3-5-7-9-11-13-15-17-19-21-23-25-27-29-31-33-35-37-39-41-43-45-47-49-56(60)66-51-54(52-67-70(64,65)68-53-55(59)58(62)63)69-57(61)50-48-46-44-42-40-38-36-34-32-30-28-26-24-22-20-18-16-14-12-10-8-6-4-2/h6,8,12,14,18,20-21,23-24,26,54-55H,3-5,7,9-11,13,15-17,19,22,25,27-53,59H2,1-2H3,(H,62,63)(H,64,65)/b8-6-,14-12-,20-18-,23-21-,26-24-. The molecule has 0 rings (SSSR count). The molecule has 0 radical (unpaired) electrons. The molecule has 3 unspecified atom stereocenters. The van der Waals surface area contributed by atoms with Crippen molar-refractivity contribution in [2.24, 2.45) is 5.73 Å². The van der Waals surface area contributed by atoms with Crippen LogP contribution in [0, 0.1) is 0 Å². The van der Waals surface area contributed by atoms with Crippen molar-refractivity contribution in [3.8, 4) is 0 Å². The lowest BCUT2D eigenvalue weighted by Gasteiger charge is -2.20. The maximum absolute atomic E-state index is 12.7. The van der Waals surface area contributed by atoms with Crippen molar-refractivity contribution in [2.75, 3.05) is 19.8 Å². The summed E-state index contributed by atoms with van der Waals surface area (Å²) in [6.07, 6.45) is 64.3. The minimum absolute atomic E-state index is 0.155. The largest absolute Gasteiger partial charge is 0.480 e. The number of allylic oxidation sites excluding steroid dienone is 10. The maximum atomic E-state index is 12.7. The van der Waals surface area contributed by atoms with Crippen molar-refractivity contribution in [3.63, 3.8) is 0 Å². The van der Waals surface area contributed by atoms with E-state index in [2.05, 4.69) is 74.6 Å². The molecule has 0 aromatic heterocycles. The molecule has 0 aliphatic carbocycles. The van der Waals surface area contributed by atoms with Gasteiger partial charge >= 0.3 is 25.7 Å². The molecule has 12 heteroatoms. The summed E-state index contributed by atoms with van der Waals surface area (Å²) in [5, 5.41) is 8.94. The number of hydrogen-bond donors (Lipinski definition) is 3. The second-order valence-corrected chi connectivity index (χ2v) is 20.5. The highest BCUT2D eigenvalue weighted by Gasteiger charge is 2.28. The highest BCUT2D eigenvalue weighted by atomic mass is 31.2. The highest BCUT2D eigenvalue weighted by molar-refractivity contribution is 7.47. The summed E-state index contributed by atoms with van der Waals surface area (Å²) >= 11 is 0. The third-order valence-corrected chi connectivity index (χ3v) is 13.2. The van der Waals surface area contributed by atoms with Gasteiger partial charge in [-0.2, -0.15) is 0 Å². The zero-order chi connectivity index (χ0) is 51.3. The van der Waals surface area contributed by atoms with E-state index in [9.17, 15) is 23.8 Å². The quantitative estimate of drug-likeness (QED) is 0.0229. The fourth-order valence-electron chi connectivity index (χ4n) is 7.88. The number of carboxylic acid groups (broad SMARTS) is 1. The lowest BCUT2D eigenvalue weighted by molar-refractivity contribution is -0.161. The van der Waals surface area contributed by atoms with E-state index in [4.69, 9.17) is 29.4 Å². The number of carbonyl (C=O) groups excluding carboxylic acids is 2. The first-order valence-corrected chi connectivity index (χ1v) is 29.8. The Kier molecular flexibility index (Phi) is 50.4. The average Bonchev–Trinajstić information content (AvgIpc) is 3.34. The third-order valence-electron chi connectivity index (χ3n) is 12.2. The van der Waals surface area contributed by atoms with Crippen LogP contribution < -0.4 is 5.73 Å². The van der Waals surface area contributed by atoms with Crippen LogP contribution in [0.5, 0.6) is 0 Å². The van der Waals surface area contributed by atoms with Crippen molar-refractivity contribution in [1.82, 2.24) is 0 Å². The van der Waals surface area contributed by atoms with Gasteiger partial charge in [0.15, 0.2) is 6.10 Å². The zero-order valence-electron chi connectivity index (χ0n) is 44.6. The molecule has 0 aromatic rings. The Morgan fingerprint density at radius 3 is 1.21 bits per heavy atom. The molecule has 0 aromatic carbocycles. The minimum atomic E-state index is -4.73. The first kappa shape index (κ1) is 67.2. The number of unbranched alkanes of at least 4 members (excludes halogenated alkanes) is 29. The average molecular weight is 1010 g/mol. The van der Waals surface area contributed by atoms with Gasteiger partial charge in [0.2, 0.25) is 0 Å². The van der Waals surface area contributed by atoms with Crippen LogP contribution in [0.25, 0.3) is 0 Å². The molecule has 0 heterocycles. The molecule has 0 saturated heterocycles. The van der Waals surface area contributed by atoms with Crippen LogP contribution in [0.1, 0.15) is 258 Å². The maximum Gasteiger partial charge on any atom is 0.472 e. The molecule has 0 aliphatic rings. The van der Waals surface area contributed by atoms with E-state index in [1.807, 2.05) is 0 Å². The molecule has 0 amide bonds. The number of nitrogens with two attached hydrogens (primary N) is 1. The minimum Gasteiger partial charge on any atom is -0.480 e. The fourth-order valence-corrected chi connectivity index (χ4v) is 8.66. The number of phosphoric acid groups is 1. The van der Waals surface area contributed by atoms with Gasteiger partial charge in [-0.15, -0.1) is 0 Å². The normalized spacial score (nSPS) is 13.9. The lowest BCUT2D eigenvalue weighted by atomic mass is 10.0. The van der Waals surface area contributed by atoms with Gasteiger partial charge < -0.3 is 25.2 Å². The van der Waals surface area contributed by atoms with Crippen LogP contribution in [-0.4, -0.2) is 59.9 Å². The molecule has 0 spiro atoms. The highest BCUT2D eigenvalue weighted by Crippen LogP contribution is 2.43. The predicted octanol–water partition coefficient (Wildman–Crippen LogP) is 16.6. The summed E-state index contributed by atoms with van der Waals surface area (Å²) < 4.78 is 32.9. The topological polar surface area (TPSA) is 172 Å². The van der Waals surface area contributed by atoms with Gasteiger partial charge in [-0.05, 0) is 77.0 Å². The predicted molar refractivity (Wildman–Crippen MR) is 291 cm³/mol. The number of ether oxygens (including phenoxy) is 2. The van der Waals surface area contributed by atoms with E-state index in [1.165, 1.54) is 148 Å². The first-order chi connectivity index (χ1) is 34.1. The van der Waals surface area contributed by atoms with Crippen molar-refractivity contribution in [3.05, 3.63) is 60.8 Å². The summed E-state index contributed by atoms with van der Waals surface area (Å²) in [4.78, 5) is 46.3. The number of carboxylic acids is 1. The van der Waals surface area contributed by atoms with Gasteiger partial charge in [0, 0.05) is 12.8 Å². The Hall–Kier alpha value is -2.82. The van der Waals surface area contributed by atoms with E-state index >= 15 is 0 Å². The van der Waals surface area contributed by atoms with E-state index in [0.717, 1.165) is 70.6 Å². The molecule has 4 N–H and O–H groups in total. The van der Waals surface area contributed by atoms with Gasteiger partial charge in [-0.1, -0.05) is 229 Å². The van der Waals surface area contributed by atoms with Crippen LogP contribution in [0.3, 0.4) is 0 Å². The van der Waals surface area contributed by atoms with Crippen molar-refractivity contribution >= 4 is 25.7 Å². The molecule has 0 bridgehead atoms. The Bertz CT molecular complexity index is 1410. The number of carbonyl (C=O) groups is 3. The van der Waals surface area contributed by atoms with E-state index in [0.29, 0.717) is 12.8 Å². The summed E-state index contributed by atoms with van der Waals surface area (Å²) in [5.41, 5.74) is 5.37. The Labute approximate surface area is 428 Å². The van der Waals surface area contributed by atoms with E-state index in [-0.39, 0.29) is 19.4 Å². The van der Waals surface area contributed by atoms with E-state index in [1.54, 1.807) is 0 Å². The van der Waals surface area contributed by atoms with Crippen molar-refractivity contribution in [1.29, 1.82) is 0 Å². The van der Waals surface area contributed by atoms with Crippen LogP contribution in [-0.2, 0) is 37.5 Å². The fraction of sp³-hybridized carbons (Fsp3) is 0.776. The number of aliphatic carboxylic acids is 1. The molecular weight excluding hydrogens is 902 g/mol. The molecule has 70 heavy (non-hydrogen) atoms. The van der Waals surface area contributed by atoms with Gasteiger partial charge in [-0.25, -0.2) is 4.57 Å². The zero-order valence-corrected chi connectivity index (χ0v) is 45.5. The van der Waals surface area contributed by atoms with Crippen LogP contribution >= 0.6 is 7.82 Å². The van der Waals surface area contributed by atoms with Crippen molar-refractivity contribution < 1.29 is 47.5 Å². The van der Waals surface area contributed by atoms with Gasteiger partial charge in [0.05, 0.1) is 13.2 Å². The SMILES string of the molecule is CC/C=C\C/C=C\C/C=C\C/C=C\CCCCCCCCCCCCC(=O)OC(COC(=O)CCCCCCCCCCCCC/C=C\CCCCCCCCCC)COP(=O)(O)OCC(N)C(=O)O. The van der Waals surface area contributed by atoms with Crippen LogP contribution in [0.15, 0.2) is 60.8 Å². The van der Waals surface area contributed by atoms with Crippen LogP contribution in [0.2, 0.25) is 0 Å². The third kappa shape index (κ3) is 51.5. The summed E-state index contributed by atoms with van der Waals surface area (Å²) in [6.45, 7) is 2.73. The summed E-state index contributed by atoms with van der Waals surface area (Å²) in [5.74, 6) is -2.38. The molecule has 11 nitrogen and oxygen atoms in total. The number of rotatable bonds is 53. The number of hydrogen-bond acceptors (Lipinski definition) is 9. The van der Waals surface area contributed by atoms with Crippen molar-refractivity contribution in [2.45, 2.75) is 270 Å². The summed E-state index contributed by atoms with van der Waals surface area (Å²) in [6, 6.07) is -1.53. The van der Waals surface area contributed by atoms with Gasteiger partial charge in [0.1, 0.15) is 12.6 Å². The second-order valence-electron chi connectivity index (χ2n) is 19.0. The number of phosphoric ester groups is 1. The Morgan fingerprint density at radius 1 is 0.457 bits per heavy atom. The Balaban J connectivity index is 4.18. The molecule has 406 valence electrons. The van der Waals surface area contributed by atoms with Gasteiger partial charge in [-0.3, -0.25) is 23.4 Å². The molecule has 0 fully saturated rings. The lowest BCUT2D eigenvalue weighted by Crippen LogP contribution is -2.34. The first-order valence-electron chi connectivity index (χ1n) is 28.3. The molecule has 0 saturated carbocycles. The summed E-state index contributed by atoms with van der Waals surface area (Å²) in [7, 11) is -4.73. The molecule has 0 aliphatic heterocycles. The molecule has 3 atom stereocenters. The number of esters is 2. The molecular formula is C58H104NO10P. The smallest absolute Gasteiger partial charge is 0.472 e.